The number of thiophene rings is 1. The van der Waals surface area contributed by atoms with Crippen LogP contribution >= 0.6 is 23.1 Å². The van der Waals surface area contributed by atoms with E-state index in [1.807, 2.05) is 11.8 Å². The lowest BCUT2D eigenvalue weighted by Crippen LogP contribution is -2.46. The number of carbonyl (C=O) groups is 1. The van der Waals surface area contributed by atoms with Gasteiger partial charge in [-0.2, -0.15) is 11.8 Å². The standard InChI is InChI=1S/C14H20N2OS2/c1-18-11-6-3-2-5-10(11)16-13(17)9-15-14(16)12-7-4-8-19-12/h4,7-8,10-11,14-15H,2-3,5-6,9H2,1H3. The monoisotopic (exact) mass is 296 g/mol. The van der Waals surface area contributed by atoms with E-state index in [-0.39, 0.29) is 12.1 Å². The van der Waals surface area contributed by atoms with Gasteiger partial charge in [-0.3, -0.25) is 10.1 Å². The Morgan fingerprint density at radius 1 is 1.42 bits per heavy atom. The maximum Gasteiger partial charge on any atom is 0.238 e. The second kappa shape index (κ2) is 5.85. The van der Waals surface area contributed by atoms with Crippen molar-refractivity contribution in [2.24, 2.45) is 0 Å². The normalized spacial score (nSPS) is 31.9. The average molecular weight is 296 g/mol. The molecule has 2 aliphatic rings. The predicted molar refractivity (Wildman–Crippen MR) is 81.5 cm³/mol. The van der Waals surface area contributed by atoms with Crippen LogP contribution in [0.1, 0.15) is 36.7 Å². The molecule has 1 aromatic rings. The van der Waals surface area contributed by atoms with Crippen LogP contribution in [-0.4, -0.2) is 34.9 Å². The number of hydrogen-bond donors (Lipinski definition) is 1. The van der Waals surface area contributed by atoms with Crippen LogP contribution < -0.4 is 5.32 Å². The van der Waals surface area contributed by atoms with E-state index in [1.165, 1.54) is 24.1 Å². The fraction of sp³-hybridized carbons (Fsp3) is 0.643. The molecule has 3 unspecified atom stereocenters. The van der Waals surface area contributed by atoms with Crippen LogP contribution in [-0.2, 0) is 4.79 Å². The second-order valence-electron chi connectivity index (χ2n) is 5.23. The van der Waals surface area contributed by atoms with Crippen molar-refractivity contribution < 1.29 is 4.79 Å². The molecule has 3 rings (SSSR count). The van der Waals surface area contributed by atoms with Gasteiger partial charge in [0.05, 0.1) is 6.54 Å². The highest BCUT2D eigenvalue weighted by molar-refractivity contribution is 7.99. The SMILES string of the molecule is CSC1CCCCC1N1C(=O)CNC1c1cccs1. The van der Waals surface area contributed by atoms with Crippen LogP contribution in [0.3, 0.4) is 0 Å². The highest BCUT2D eigenvalue weighted by atomic mass is 32.2. The first-order valence-electron chi connectivity index (χ1n) is 6.92. The summed E-state index contributed by atoms with van der Waals surface area (Å²) in [5.41, 5.74) is 0. The number of carbonyl (C=O) groups excluding carboxylic acids is 1. The maximum atomic E-state index is 12.3. The minimum Gasteiger partial charge on any atom is -0.317 e. The van der Waals surface area contributed by atoms with Crippen LogP contribution in [0.25, 0.3) is 0 Å². The van der Waals surface area contributed by atoms with E-state index in [0.717, 1.165) is 6.42 Å². The molecule has 104 valence electrons. The van der Waals surface area contributed by atoms with E-state index in [2.05, 4.69) is 34.0 Å². The molecule has 3 nitrogen and oxygen atoms in total. The highest BCUT2D eigenvalue weighted by Crippen LogP contribution is 2.37. The molecule has 0 bridgehead atoms. The quantitative estimate of drug-likeness (QED) is 0.931. The molecule has 0 radical (unpaired) electrons. The summed E-state index contributed by atoms with van der Waals surface area (Å²) in [6.07, 6.45) is 7.24. The zero-order valence-electron chi connectivity index (χ0n) is 11.2. The molecule has 0 aromatic carbocycles. The first-order valence-corrected chi connectivity index (χ1v) is 9.09. The summed E-state index contributed by atoms with van der Waals surface area (Å²) in [6, 6.07) is 4.60. The zero-order chi connectivity index (χ0) is 13.2. The molecule has 3 atom stereocenters. The Kier molecular flexibility index (Phi) is 4.15. The van der Waals surface area contributed by atoms with Crippen molar-refractivity contribution in [1.29, 1.82) is 0 Å². The third-order valence-electron chi connectivity index (χ3n) is 4.15. The van der Waals surface area contributed by atoms with Crippen molar-refractivity contribution in [2.45, 2.75) is 43.1 Å². The van der Waals surface area contributed by atoms with Crippen molar-refractivity contribution >= 4 is 29.0 Å². The highest BCUT2D eigenvalue weighted by Gasteiger charge is 2.41. The number of amides is 1. The Balaban J connectivity index is 1.85. The van der Waals surface area contributed by atoms with Gasteiger partial charge in [0.25, 0.3) is 0 Å². The summed E-state index contributed by atoms with van der Waals surface area (Å²) in [4.78, 5) is 15.7. The van der Waals surface area contributed by atoms with Crippen molar-refractivity contribution in [3.63, 3.8) is 0 Å². The molecule has 1 N–H and O–H groups in total. The Morgan fingerprint density at radius 2 is 2.26 bits per heavy atom. The van der Waals surface area contributed by atoms with E-state index >= 15 is 0 Å². The number of hydrogen-bond acceptors (Lipinski definition) is 4. The van der Waals surface area contributed by atoms with Gasteiger partial charge < -0.3 is 4.90 Å². The average Bonchev–Trinajstić information content (AvgIpc) is 3.07. The summed E-state index contributed by atoms with van der Waals surface area (Å²) in [6.45, 7) is 0.486. The molecule has 1 saturated heterocycles. The van der Waals surface area contributed by atoms with E-state index in [4.69, 9.17) is 0 Å². The molecule has 19 heavy (non-hydrogen) atoms. The van der Waals surface area contributed by atoms with Crippen molar-refractivity contribution in [1.82, 2.24) is 10.2 Å². The molecule has 1 aromatic heterocycles. The van der Waals surface area contributed by atoms with Crippen LogP contribution in [0.4, 0.5) is 0 Å². The molecule has 1 aliphatic carbocycles. The Labute approximate surface area is 122 Å². The summed E-state index contributed by atoms with van der Waals surface area (Å²) < 4.78 is 0. The summed E-state index contributed by atoms with van der Waals surface area (Å²) in [5.74, 6) is 0.268. The predicted octanol–water partition coefficient (Wildman–Crippen LogP) is 2.85. The lowest BCUT2D eigenvalue weighted by Gasteiger charge is -2.39. The third kappa shape index (κ3) is 2.56. The molecule has 2 heterocycles. The number of nitrogens with one attached hydrogen (secondary N) is 1. The van der Waals surface area contributed by atoms with Gasteiger partial charge in [-0.25, -0.2) is 0 Å². The van der Waals surface area contributed by atoms with Gasteiger partial charge in [0.2, 0.25) is 5.91 Å². The molecular formula is C14H20N2OS2. The topological polar surface area (TPSA) is 32.3 Å². The van der Waals surface area contributed by atoms with E-state index < -0.39 is 0 Å². The number of rotatable bonds is 3. The van der Waals surface area contributed by atoms with Crippen LogP contribution in [0, 0.1) is 0 Å². The lowest BCUT2D eigenvalue weighted by atomic mass is 9.93. The lowest BCUT2D eigenvalue weighted by molar-refractivity contribution is -0.130. The minimum absolute atomic E-state index is 0.102. The molecular weight excluding hydrogens is 276 g/mol. The molecule has 5 heteroatoms. The summed E-state index contributed by atoms with van der Waals surface area (Å²) in [7, 11) is 0. The summed E-state index contributed by atoms with van der Waals surface area (Å²) >= 11 is 3.66. The molecule has 1 amide bonds. The number of thioether (sulfide) groups is 1. The van der Waals surface area contributed by atoms with Crippen molar-refractivity contribution in [2.75, 3.05) is 12.8 Å². The van der Waals surface area contributed by atoms with Gasteiger partial charge >= 0.3 is 0 Å². The fourth-order valence-corrected chi connectivity index (χ4v) is 5.03. The molecule has 1 aliphatic heterocycles. The summed E-state index contributed by atoms with van der Waals surface area (Å²) in [5, 5.41) is 6.06. The largest absolute Gasteiger partial charge is 0.317 e. The van der Waals surface area contributed by atoms with E-state index in [0.29, 0.717) is 17.8 Å². The molecule has 1 saturated carbocycles. The first-order chi connectivity index (χ1) is 9.31. The van der Waals surface area contributed by atoms with Gasteiger partial charge in [-0.1, -0.05) is 18.9 Å². The third-order valence-corrected chi connectivity index (χ3v) is 6.23. The van der Waals surface area contributed by atoms with Crippen LogP contribution in [0.15, 0.2) is 17.5 Å². The Bertz CT molecular complexity index is 435. The van der Waals surface area contributed by atoms with Gasteiger partial charge in [-0.15, -0.1) is 11.3 Å². The zero-order valence-corrected chi connectivity index (χ0v) is 12.8. The Hall–Kier alpha value is -0.520. The van der Waals surface area contributed by atoms with Gasteiger partial charge in [-0.05, 0) is 30.5 Å². The Morgan fingerprint density at radius 3 is 3.00 bits per heavy atom. The first kappa shape index (κ1) is 13.5. The minimum atomic E-state index is 0.102. The fourth-order valence-electron chi connectivity index (χ4n) is 3.25. The molecule has 2 fully saturated rings. The van der Waals surface area contributed by atoms with Crippen LogP contribution in [0.5, 0.6) is 0 Å². The number of nitrogens with zero attached hydrogens (tertiary/aromatic N) is 1. The van der Waals surface area contributed by atoms with Crippen molar-refractivity contribution in [3.05, 3.63) is 22.4 Å². The van der Waals surface area contributed by atoms with E-state index in [9.17, 15) is 4.79 Å². The van der Waals surface area contributed by atoms with E-state index in [1.54, 1.807) is 11.3 Å². The van der Waals surface area contributed by atoms with Gasteiger partial charge in [0.15, 0.2) is 0 Å². The molecule has 0 spiro atoms. The van der Waals surface area contributed by atoms with Gasteiger partial charge in [0, 0.05) is 16.2 Å². The van der Waals surface area contributed by atoms with Crippen molar-refractivity contribution in [3.8, 4) is 0 Å². The second-order valence-corrected chi connectivity index (χ2v) is 7.28. The van der Waals surface area contributed by atoms with Gasteiger partial charge in [0.1, 0.15) is 6.17 Å². The maximum absolute atomic E-state index is 12.3. The van der Waals surface area contributed by atoms with Crippen LogP contribution in [0.2, 0.25) is 0 Å². The smallest absolute Gasteiger partial charge is 0.238 e.